The topological polar surface area (TPSA) is 84.2 Å². The molecule has 24 heavy (non-hydrogen) atoms. The average molecular weight is 335 g/mol. The highest BCUT2D eigenvalue weighted by molar-refractivity contribution is 5.70. The number of anilines is 2. The Morgan fingerprint density at radius 2 is 1.79 bits per heavy atom. The number of nitro groups is 1. The lowest BCUT2D eigenvalue weighted by Crippen LogP contribution is -2.33. The zero-order chi connectivity index (χ0) is 17.7. The molecule has 2 rings (SSSR count). The van der Waals surface area contributed by atoms with Crippen LogP contribution in [-0.2, 0) is 0 Å². The molecule has 1 aromatic heterocycles. The van der Waals surface area contributed by atoms with Crippen molar-refractivity contribution in [1.29, 1.82) is 0 Å². The van der Waals surface area contributed by atoms with Crippen LogP contribution in [0.2, 0.25) is 0 Å². The normalized spacial score (nSPS) is 15.2. The molecule has 1 aliphatic rings. The van der Waals surface area contributed by atoms with Gasteiger partial charge in [-0.15, -0.1) is 0 Å². The van der Waals surface area contributed by atoms with Crippen LogP contribution in [0.4, 0.5) is 17.3 Å². The SMILES string of the molecule is CC(C)CN(CC(C)C)c1ncnc(NC2CCCC2)c1[N+](=O)[O-]. The largest absolute Gasteiger partial charge is 0.361 e. The van der Waals surface area contributed by atoms with Crippen LogP contribution in [0.3, 0.4) is 0 Å². The summed E-state index contributed by atoms with van der Waals surface area (Å²) in [4.78, 5) is 21.9. The maximum Gasteiger partial charge on any atom is 0.353 e. The first kappa shape index (κ1) is 18.4. The Kier molecular flexibility index (Phi) is 6.34. The van der Waals surface area contributed by atoms with Crippen molar-refractivity contribution in [3.63, 3.8) is 0 Å². The maximum atomic E-state index is 11.8. The molecule has 0 aromatic carbocycles. The second kappa shape index (κ2) is 8.26. The van der Waals surface area contributed by atoms with Gasteiger partial charge in [0, 0.05) is 19.1 Å². The number of hydrogen-bond acceptors (Lipinski definition) is 6. The van der Waals surface area contributed by atoms with Crippen LogP contribution in [0.1, 0.15) is 53.4 Å². The van der Waals surface area contributed by atoms with Gasteiger partial charge in [-0.25, -0.2) is 9.97 Å². The summed E-state index contributed by atoms with van der Waals surface area (Å²) in [7, 11) is 0. The van der Waals surface area contributed by atoms with Crippen LogP contribution in [0.5, 0.6) is 0 Å². The van der Waals surface area contributed by atoms with Crippen LogP contribution in [-0.4, -0.2) is 34.0 Å². The Balaban J connectivity index is 2.36. The highest BCUT2D eigenvalue weighted by Gasteiger charge is 2.29. The summed E-state index contributed by atoms with van der Waals surface area (Å²) in [6, 6.07) is 0.273. The Labute approximate surface area is 144 Å². The van der Waals surface area contributed by atoms with Gasteiger partial charge in [0.1, 0.15) is 6.33 Å². The van der Waals surface area contributed by atoms with E-state index >= 15 is 0 Å². The molecule has 7 nitrogen and oxygen atoms in total. The standard InChI is InChI=1S/C17H29N5O2/c1-12(2)9-21(10-13(3)4)17-15(22(23)24)16(18-11-19-17)20-14-7-5-6-8-14/h11-14H,5-10H2,1-4H3,(H,18,19,20). The van der Waals surface area contributed by atoms with E-state index in [-0.39, 0.29) is 16.7 Å². The van der Waals surface area contributed by atoms with E-state index in [1.54, 1.807) is 0 Å². The molecule has 0 unspecified atom stereocenters. The van der Waals surface area contributed by atoms with Crippen LogP contribution in [0, 0.1) is 22.0 Å². The molecule has 0 bridgehead atoms. The van der Waals surface area contributed by atoms with Crippen molar-refractivity contribution in [1.82, 2.24) is 9.97 Å². The molecular formula is C17H29N5O2. The van der Waals surface area contributed by atoms with Crippen LogP contribution < -0.4 is 10.2 Å². The quantitative estimate of drug-likeness (QED) is 0.573. The molecule has 0 saturated heterocycles. The fourth-order valence-corrected chi connectivity index (χ4v) is 3.27. The van der Waals surface area contributed by atoms with Gasteiger partial charge in [0.05, 0.1) is 4.92 Å². The van der Waals surface area contributed by atoms with E-state index in [4.69, 9.17) is 0 Å². The van der Waals surface area contributed by atoms with Crippen molar-refractivity contribution >= 4 is 17.3 Å². The third-order valence-electron chi connectivity index (χ3n) is 4.15. The Hall–Kier alpha value is -1.92. The molecule has 1 fully saturated rings. The lowest BCUT2D eigenvalue weighted by molar-refractivity contribution is -0.383. The summed E-state index contributed by atoms with van der Waals surface area (Å²) in [5.74, 6) is 1.57. The summed E-state index contributed by atoms with van der Waals surface area (Å²) in [5.41, 5.74) is 0.00528. The highest BCUT2D eigenvalue weighted by atomic mass is 16.6. The summed E-state index contributed by atoms with van der Waals surface area (Å²) >= 11 is 0. The van der Waals surface area contributed by atoms with Gasteiger partial charge < -0.3 is 10.2 Å². The lowest BCUT2D eigenvalue weighted by Gasteiger charge is -2.27. The summed E-state index contributed by atoms with van der Waals surface area (Å²) in [5, 5.41) is 15.0. The third kappa shape index (κ3) is 4.79. The molecule has 7 heteroatoms. The Morgan fingerprint density at radius 3 is 2.29 bits per heavy atom. The average Bonchev–Trinajstić information content (AvgIpc) is 2.98. The van der Waals surface area contributed by atoms with Gasteiger partial charge in [-0.3, -0.25) is 10.1 Å². The predicted octanol–water partition coefficient (Wildman–Crippen LogP) is 3.86. The predicted molar refractivity (Wildman–Crippen MR) is 96.5 cm³/mol. The molecule has 1 heterocycles. The van der Waals surface area contributed by atoms with Gasteiger partial charge in [-0.05, 0) is 24.7 Å². The smallest absolute Gasteiger partial charge is 0.353 e. The van der Waals surface area contributed by atoms with Crippen molar-refractivity contribution in [2.45, 2.75) is 59.4 Å². The van der Waals surface area contributed by atoms with Gasteiger partial charge in [0.15, 0.2) is 0 Å². The minimum Gasteiger partial charge on any atom is -0.361 e. The summed E-state index contributed by atoms with van der Waals surface area (Å²) in [6.07, 6.45) is 5.84. The van der Waals surface area contributed by atoms with Crippen molar-refractivity contribution in [3.8, 4) is 0 Å². The van der Waals surface area contributed by atoms with E-state index in [1.807, 2.05) is 4.90 Å². The summed E-state index contributed by atoms with van der Waals surface area (Å²) < 4.78 is 0. The fraction of sp³-hybridized carbons (Fsp3) is 0.765. The zero-order valence-corrected chi connectivity index (χ0v) is 15.2. The number of nitrogens with zero attached hydrogens (tertiary/aromatic N) is 4. The van der Waals surface area contributed by atoms with Crippen LogP contribution in [0.25, 0.3) is 0 Å². The zero-order valence-electron chi connectivity index (χ0n) is 15.2. The fourth-order valence-electron chi connectivity index (χ4n) is 3.27. The van der Waals surface area contributed by atoms with Crippen molar-refractivity contribution in [3.05, 3.63) is 16.4 Å². The number of rotatable bonds is 8. The van der Waals surface area contributed by atoms with E-state index in [2.05, 4.69) is 43.0 Å². The molecule has 1 N–H and O–H groups in total. The molecule has 1 saturated carbocycles. The van der Waals surface area contributed by atoms with Crippen LogP contribution in [0.15, 0.2) is 6.33 Å². The molecular weight excluding hydrogens is 306 g/mol. The highest BCUT2D eigenvalue weighted by Crippen LogP contribution is 2.34. The lowest BCUT2D eigenvalue weighted by atomic mass is 10.1. The van der Waals surface area contributed by atoms with Gasteiger partial charge in [0.25, 0.3) is 0 Å². The summed E-state index contributed by atoms with van der Waals surface area (Å²) in [6.45, 7) is 9.91. The van der Waals surface area contributed by atoms with Gasteiger partial charge in [-0.1, -0.05) is 40.5 Å². The minimum absolute atomic E-state index is 0.00528. The molecule has 134 valence electrons. The van der Waals surface area contributed by atoms with Crippen molar-refractivity contribution in [2.24, 2.45) is 11.8 Å². The van der Waals surface area contributed by atoms with Gasteiger partial charge >= 0.3 is 5.69 Å². The Bertz CT molecular complexity index is 546. The third-order valence-corrected chi connectivity index (χ3v) is 4.15. The van der Waals surface area contributed by atoms with E-state index in [1.165, 1.54) is 6.33 Å². The molecule has 0 spiro atoms. The number of hydrogen-bond donors (Lipinski definition) is 1. The second-order valence-corrected chi connectivity index (χ2v) is 7.47. The minimum atomic E-state index is -0.347. The number of nitrogens with one attached hydrogen (secondary N) is 1. The molecule has 0 aliphatic heterocycles. The molecule has 0 amide bonds. The van der Waals surface area contributed by atoms with E-state index < -0.39 is 0 Å². The Morgan fingerprint density at radius 1 is 1.21 bits per heavy atom. The van der Waals surface area contributed by atoms with E-state index in [0.717, 1.165) is 38.8 Å². The monoisotopic (exact) mass is 335 g/mol. The van der Waals surface area contributed by atoms with Crippen molar-refractivity contribution < 1.29 is 4.92 Å². The van der Waals surface area contributed by atoms with E-state index in [9.17, 15) is 10.1 Å². The first-order valence-corrected chi connectivity index (χ1v) is 8.89. The van der Waals surface area contributed by atoms with Crippen LogP contribution >= 0.6 is 0 Å². The molecule has 1 aromatic rings. The maximum absolute atomic E-state index is 11.8. The molecule has 0 radical (unpaired) electrons. The number of aromatic nitrogens is 2. The van der Waals surface area contributed by atoms with Crippen molar-refractivity contribution in [2.75, 3.05) is 23.3 Å². The molecule has 1 aliphatic carbocycles. The van der Waals surface area contributed by atoms with Gasteiger partial charge in [0.2, 0.25) is 11.6 Å². The van der Waals surface area contributed by atoms with E-state index in [0.29, 0.717) is 23.5 Å². The van der Waals surface area contributed by atoms with Gasteiger partial charge in [-0.2, -0.15) is 0 Å². The first-order valence-electron chi connectivity index (χ1n) is 8.89. The molecule has 0 atom stereocenters. The second-order valence-electron chi connectivity index (χ2n) is 7.47. The first-order chi connectivity index (χ1) is 11.4.